The zero-order chi connectivity index (χ0) is 17.6. The molecular formula is C20H19NO3S. The van der Waals surface area contributed by atoms with Crippen molar-refractivity contribution in [1.82, 2.24) is 5.32 Å². The summed E-state index contributed by atoms with van der Waals surface area (Å²) in [6, 6.07) is 17.4. The fourth-order valence-corrected chi connectivity index (χ4v) is 3.61. The summed E-state index contributed by atoms with van der Waals surface area (Å²) in [5.74, 6) is -0.456. The maximum atomic E-state index is 12.6. The summed E-state index contributed by atoms with van der Waals surface area (Å²) in [7, 11) is 1.35. The zero-order valence-electron chi connectivity index (χ0n) is 13.9. The fraction of sp³-hybridized carbons (Fsp3) is 0.200. The smallest absolute Gasteiger partial charge is 0.307 e. The van der Waals surface area contributed by atoms with E-state index in [1.165, 1.54) is 18.4 Å². The molecule has 0 aliphatic carbocycles. The van der Waals surface area contributed by atoms with Crippen LogP contribution in [0.5, 0.6) is 0 Å². The molecule has 0 unspecified atom stereocenters. The molecule has 0 aliphatic rings. The zero-order valence-corrected chi connectivity index (χ0v) is 14.7. The average Bonchev–Trinajstić information content (AvgIpc) is 3.16. The molecule has 0 aliphatic heterocycles. The summed E-state index contributed by atoms with van der Waals surface area (Å²) >= 11 is 1.51. The average molecular weight is 353 g/mol. The number of nitrogens with one attached hydrogen (secondary N) is 1. The van der Waals surface area contributed by atoms with Gasteiger partial charge in [0.15, 0.2) is 0 Å². The van der Waals surface area contributed by atoms with Gasteiger partial charge < -0.3 is 10.1 Å². The van der Waals surface area contributed by atoms with Gasteiger partial charge in [-0.15, -0.1) is 11.3 Å². The Balaban J connectivity index is 1.76. The number of carbonyl (C=O) groups excluding carboxylic acids is 2. The Morgan fingerprint density at radius 1 is 1.08 bits per heavy atom. The van der Waals surface area contributed by atoms with E-state index < -0.39 is 0 Å². The van der Waals surface area contributed by atoms with E-state index in [4.69, 9.17) is 4.74 Å². The lowest BCUT2D eigenvalue weighted by Gasteiger charge is -2.17. The van der Waals surface area contributed by atoms with Crippen LogP contribution in [0.1, 0.15) is 22.9 Å². The van der Waals surface area contributed by atoms with E-state index in [2.05, 4.69) is 5.32 Å². The minimum absolute atomic E-state index is 0.112. The first-order chi connectivity index (χ1) is 12.2. The van der Waals surface area contributed by atoms with E-state index in [1.807, 2.05) is 60.0 Å². The van der Waals surface area contributed by atoms with Crippen LogP contribution in [0.25, 0.3) is 10.8 Å². The molecule has 3 aromatic rings. The van der Waals surface area contributed by atoms with E-state index in [9.17, 15) is 9.59 Å². The summed E-state index contributed by atoms with van der Waals surface area (Å²) in [5, 5.41) is 7.07. The number of benzene rings is 2. The maximum Gasteiger partial charge on any atom is 0.307 e. The molecular weight excluding hydrogens is 334 g/mol. The van der Waals surface area contributed by atoms with Crippen molar-refractivity contribution in [2.45, 2.75) is 18.9 Å². The third-order valence-electron chi connectivity index (χ3n) is 4.05. The molecule has 0 bridgehead atoms. The Kier molecular flexibility index (Phi) is 5.46. The summed E-state index contributed by atoms with van der Waals surface area (Å²) in [4.78, 5) is 25.2. The number of thiophene rings is 1. The van der Waals surface area contributed by atoms with Crippen LogP contribution in [0.3, 0.4) is 0 Å². The maximum absolute atomic E-state index is 12.6. The first-order valence-corrected chi connectivity index (χ1v) is 8.91. The Bertz CT molecular complexity index is 868. The van der Waals surface area contributed by atoms with E-state index in [-0.39, 0.29) is 30.8 Å². The largest absolute Gasteiger partial charge is 0.469 e. The van der Waals surface area contributed by atoms with Gasteiger partial charge in [-0.3, -0.25) is 9.59 Å². The molecule has 3 rings (SSSR count). The van der Waals surface area contributed by atoms with E-state index >= 15 is 0 Å². The second kappa shape index (κ2) is 7.94. The Morgan fingerprint density at radius 3 is 2.64 bits per heavy atom. The molecule has 0 saturated heterocycles. The topological polar surface area (TPSA) is 55.4 Å². The standard InChI is InChI=1S/C20H19NO3S/c1-24-20(23)13-17(18-10-5-11-25-18)21-19(22)12-15-8-4-7-14-6-2-3-9-16(14)15/h2-11,17H,12-13H2,1H3,(H,21,22)/t17-/m1/s1. The lowest BCUT2D eigenvalue weighted by molar-refractivity contribution is -0.141. The van der Waals surface area contributed by atoms with Crippen molar-refractivity contribution in [1.29, 1.82) is 0 Å². The van der Waals surface area contributed by atoms with Gasteiger partial charge in [-0.05, 0) is 27.8 Å². The SMILES string of the molecule is COC(=O)C[C@@H](NC(=O)Cc1cccc2ccccc12)c1cccs1. The summed E-state index contributed by atoms with van der Waals surface area (Å²) in [6.45, 7) is 0. The van der Waals surface area contributed by atoms with Crippen LogP contribution in [0.15, 0.2) is 60.0 Å². The number of methoxy groups -OCH3 is 1. The van der Waals surface area contributed by atoms with Gasteiger partial charge in [0.25, 0.3) is 0 Å². The summed E-state index contributed by atoms with van der Waals surface area (Å²) in [6.07, 6.45) is 0.392. The second-order valence-corrected chi connectivity index (χ2v) is 6.71. The van der Waals surface area contributed by atoms with Crippen molar-refractivity contribution in [3.05, 3.63) is 70.4 Å². The molecule has 2 aromatic carbocycles. The van der Waals surface area contributed by atoms with E-state index in [0.29, 0.717) is 0 Å². The van der Waals surface area contributed by atoms with Crippen LogP contribution in [0.4, 0.5) is 0 Å². The molecule has 0 saturated carbocycles. The number of ether oxygens (including phenoxy) is 1. The third-order valence-corrected chi connectivity index (χ3v) is 5.04. The highest BCUT2D eigenvalue weighted by molar-refractivity contribution is 7.10. The summed E-state index contributed by atoms with van der Waals surface area (Å²) < 4.78 is 4.75. The Hall–Kier alpha value is -2.66. The molecule has 5 heteroatoms. The van der Waals surface area contributed by atoms with Gasteiger partial charge >= 0.3 is 5.97 Å². The van der Waals surface area contributed by atoms with Gasteiger partial charge in [0, 0.05) is 4.88 Å². The first-order valence-electron chi connectivity index (χ1n) is 8.03. The van der Waals surface area contributed by atoms with Crippen molar-refractivity contribution in [2.24, 2.45) is 0 Å². The van der Waals surface area contributed by atoms with Gasteiger partial charge in [-0.1, -0.05) is 48.5 Å². The number of hydrogen-bond acceptors (Lipinski definition) is 4. The van der Waals surface area contributed by atoms with Crippen LogP contribution >= 0.6 is 11.3 Å². The minimum atomic E-state index is -0.366. The van der Waals surface area contributed by atoms with E-state index in [1.54, 1.807) is 0 Å². The van der Waals surface area contributed by atoms with Crippen molar-refractivity contribution in [3.63, 3.8) is 0 Å². The highest BCUT2D eigenvalue weighted by Crippen LogP contribution is 2.23. The van der Waals surface area contributed by atoms with Crippen LogP contribution in [0.2, 0.25) is 0 Å². The highest BCUT2D eigenvalue weighted by atomic mass is 32.1. The third kappa shape index (κ3) is 4.25. The molecule has 1 atom stereocenters. The molecule has 0 spiro atoms. The molecule has 4 nitrogen and oxygen atoms in total. The number of rotatable bonds is 6. The van der Waals surface area contributed by atoms with Crippen molar-refractivity contribution in [3.8, 4) is 0 Å². The van der Waals surface area contributed by atoms with Gasteiger partial charge in [-0.25, -0.2) is 0 Å². The van der Waals surface area contributed by atoms with Crippen LogP contribution in [0, 0.1) is 0 Å². The molecule has 1 N–H and O–H groups in total. The van der Waals surface area contributed by atoms with Crippen LogP contribution < -0.4 is 5.32 Å². The van der Waals surface area contributed by atoms with Crippen molar-refractivity contribution < 1.29 is 14.3 Å². The second-order valence-electron chi connectivity index (χ2n) is 5.73. The molecule has 1 heterocycles. The highest BCUT2D eigenvalue weighted by Gasteiger charge is 2.20. The first kappa shape index (κ1) is 17.2. The van der Waals surface area contributed by atoms with Gasteiger partial charge in [0.2, 0.25) is 5.91 Å². The monoisotopic (exact) mass is 353 g/mol. The predicted molar refractivity (Wildman–Crippen MR) is 99.5 cm³/mol. The predicted octanol–water partition coefficient (Wildman–Crippen LogP) is 3.86. The normalized spacial score (nSPS) is 11.9. The lowest BCUT2D eigenvalue weighted by Crippen LogP contribution is -2.31. The molecule has 128 valence electrons. The van der Waals surface area contributed by atoms with Crippen molar-refractivity contribution in [2.75, 3.05) is 7.11 Å². The quantitative estimate of drug-likeness (QED) is 0.685. The molecule has 1 amide bonds. The lowest BCUT2D eigenvalue weighted by atomic mass is 10.0. The summed E-state index contributed by atoms with van der Waals surface area (Å²) in [5.41, 5.74) is 0.971. The minimum Gasteiger partial charge on any atom is -0.469 e. The number of amides is 1. The van der Waals surface area contributed by atoms with Crippen LogP contribution in [-0.2, 0) is 20.7 Å². The fourth-order valence-electron chi connectivity index (χ4n) is 2.83. The number of fused-ring (bicyclic) bond motifs is 1. The van der Waals surface area contributed by atoms with Crippen LogP contribution in [-0.4, -0.2) is 19.0 Å². The van der Waals surface area contributed by atoms with Gasteiger partial charge in [0.05, 0.1) is 26.0 Å². The van der Waals surface area contributed by atoms with Gasteiger partial charge in [0.1, 0.15) is 0 Å². The Morgan fingerprint density at radius 2 is 1.88 bits per heavy atom. The number of carbonyl (C=O) groups is 2. The number of hydrogen-bond donors (Lipinski definition) is 1. The molecule has 0 fully saturated rings. The number of esters is 1. The molecule has 1 aromatic heterocycles. The molecule has 0 radical (unpaired) electrons. The molecule has 25 heavy (non-hydrogen) atoms. The Labute approximate surface area is 150 Å². The van der Waals surface area contributed by atoms with Gasteiger partial charge in [-0.2, -0.15) is 0 Å². The van der Waals surface area contributed by atoms with E-state index in [0.717, 1.165) is 21.2 Å². The van der Waals surface area contributed by atoms with Crippen molar-refractivity contribution >= 4 is 34.0 Å².